The van der Waals surface area contributed by atoms with E-state index in [1.165, 1.54) is 37.7 Å². The smallest absolute Gasteiger partial charge is 0.187 e. The van der Waals surface area contributed by atoms with Crippen LogP contribution in [0.2, 0.25) is 0 Å². The lowest BCUT2D eigenvalue weighted by molar-refractivity contribution is -0.195. The van der Waals surface area contributed by atoms with Gasteiger partial charge in [0.1, 0.15) is 12.2 Å². The SMILES string of the molecule is CC(C)C1(CC[C@@H](C)[C@H]2CC[C@H]3[C@@H]4C=CC5=CC(=O)[C@H]6O[C@@H]6[C@]5(C)[C@H]4CC[C@]23C)OCCO1. The Balaban J connectivity index is 1.20. The second-order valence-electron chi connectivity index (χ2n) is 12.8. The van der Waals surface area contributed by atoms with Crippen molar-refractivity contribution in [3.05, 3.63) is 23.8 Å². The van der Waals surface area contributed by atoms with Crippen molar-refractivity contribution in [2.75, 3.05) is 13.2 Å². The molecule has 4 heteroatoms. The second kappa shape index (κ2) is 7.51. The maximum atomic E-state index is 12.3. The van der Waals surface area contributed by atoms with Crippen molar-refractivity contribution in [1.82, 2.24) is 0 Å². The first-order valence-electron chi connectivity index (χ1n) is 13.6. The summed E-state index contributed by atoms with van der Waals surface area (Å²) in [6.45, 7) is 13.4. The summed E-state index contributed by atoms with van der Waals surface area (Å²) in [7, 11) is 0. The van der Waals surface area contributed by atoms with Gasteiger partial charge in [0.15, 0.2) is 11.6 Å². The molecule has 4 fully saturated rings. The van der Waals surface area contributed by atoms with Crippen molar-refractivity contribution in [2.45, 2.75) is 91.1 Å². The van der Waals surface area contributed by atoms with E-state index >= 15 is 0 Å². The number of rotatable bonds is 5. The number of allylic oxidation sites excluding steroid dienone is 2. The molecule has 6 aliphatic rings. The van der Waals surface area contributed by atoms with E-state index in [0.29, 0.717) is 29.1 Å². The van der Waals surface area contributed by atoms with E-state index in [-0.39, 0.29) is 29.2 Å². The minimum absolute atomic E-state index is 0.0177. The van der Waals surface area contributed by atoms with Crippen molar-refractivity contribution in [3.8, 4) is 0 Å². The molecule has 0 aromatic carbocycles. The Labute approximate surface area is 199 Å². The molecule has 4 aliphatic carbocycles. The number of carbonyl (C=O) groups excluding carboxylic acids is 1. The first-order chi connectivity index (χ1) is 15.7. The zero-order valence-electron chi connectivity index (χ0n) is 21.1. The predicted octanol–water partition coefficient (Wildman–Crippen LogP) is 5.71. The van der Waals surface area contributed by atoms with E-state index in [4.69, 9.17) is 14.2 Å². The van der Waals surface area contributed by atoms with E-state index in [1.54, 1.807) is 0 Å². The number of epoxide rings is 1. The fourth-order valence-electron chi connectivity index (χ4n) is 9.21. The van der Waals surface area contributed by atoms with Gasteiger partial charge in [-0.3, -0.25) is 4.79 Å². The fraction of sp³-hybridized carbons (Fsp3) is 0.828. The van der Waals surface area contributed by atoms with Gasteiger partial charge in [0, 0.05) is 17.8 Å². The summed E-state index contributed by atoms with van der Waals surface area (Å²) in [5, 5.41) is 0. The van der Waals surface area contributed by atoms with Gasteiger partial charge in [0.25, 0.3) is 0 Å². The van der Waals surface area contributed by atoms with Gasteiger partial charge >= 0.3 is 0 Å². The van der Waals surface area contributed by atoms with Crippen molar-refractivity contribution in [2.24, 2.45) is 46.3 Å². The topological polar surface area (TPSA) is 48.1 Å². The molecule has 0 aromatic rings. The summed E-state index contributed by atoms with van der Waals surface area (Å²) in [6.07, 6.45) is 14.0. The van der Waals surface area contributed by atoms with Crippen molar-refractivity contribution < 1.29 is 19.0 Å². The monoisotopic (exact) mass is 454 g/mol. The van der Waals surface area contributed by atoms with Gasteiger partial charge in [-0.25, -0.2) is 0 Å². The lowest BCUT2D eigenvalue weighted by Crippen LogP contribution is -2.52. The van der Waals surface area contributed by atoms with E-state index in [2.05, 4.69) is 46.8 Å². The molecular weight excluding hydrogens is 412 g/mol. The molecule has 33 heavy (non-hydrogen) atoms. The fourth-order valence-corrected chi connectivity index (χ4v) is 9.21. The van der Waals surface area contributed by atoms with E-state index in [1.807, 2.05) is 6.08 Å². The zero-order valence-corrected chi connectivity index (χ0v) is 21.1. The highest BCUT2D eigenvalue weighted by Crippen LogP contribution is 2.68. The standard InChI is InChI=1S/C29H42O4/c1-17(2)29(31-14-15-32-29)13-10-18(3)21-8-9-22-20-7-6-19-16-24(30)25-26(33-25)28(19,5)23(20)11-12-27(21,22)4/h6-7,16-18,20-23,25-26H,8-15H2,1-5H3/t18-,20+,21-,22+,23+,25-,26+,27-,28+/m1/s1. The Morgan fingerprint density at radius 1 is 1.06 bits per heavy atom. The molecule has 6 rings (SSSR count). The molecule has 9 atom stereocenters. The van der Waals surface area contributed by atoms with Crippen LogP contribution in [0.5, 0.6) is 0 Å². The average Bonchev–Trinajstić information content (AvgIpc) is 3.33. The molecule has 0 bridgehead atoms. The van der Waals surface area contributed by atoms with Gasteiger partial charge in [0.2, 0.25) is 0 Å². The predicted molar refractivity (Wildman–Crippen MR) is 127 cm³/mol. The Kier molecular flexibility index (Phi) is 5.12. The molecule has 0 aromatic heterocycles. The zero-order chi connectivity index (χ0) is 23.2. The van der Waals surface area contributed by atoms with Crippen LogP contribution in [0.15, 0.2) is 23.8 Å². The third-order valence-corrected chi connectivity index (χ3v) is 11.2. The van der Waals surface area contributed by atoms with Crippen LogP contribution in [0, 0.1) is 46.3 Å². The van der Waals surface area contributed by atoms with Gasteiger partial charge in [-0.05, 0) is 78.8 Å². The van der Waals surface area contributed by atoms with Crippen LogP contribution in [0.25, 0.3) is 0 Å². The average molecular weight is 455 g/mol. The van der Waals surface area contributed by atoms with Crippen molar-refractivity contribution in [3.63, 3.8) is 0 Å². The highest BCUT2D eigenvalue weighted by Gasteiger charge is 2.66. The molecule has 0 spiro atoms. The number of ketones is 1. The number of carbonyl (C=O) groups is 1. The normalized spacial score (nSPS) is 48.1. The van der Waals surface area contributed by atoms with Crippen LogP contribution in [0.3, 0.4) is 0 Å². The summed E-state index contributed by atoms with van der Waals surface area (Å²) in [6, 6.07) is 0. The van der Waals surface area contributed by atoms with Crippen molar-refractivity contribution in [1.29, 1.82) is 0 Å². The second-order valence-corrected chi connectivity index (χ2v) is 12.8. The Bertz CT molecular complexity index is 882. The first-order valence-corrected chi connectivity index (χ1v) is 13.6. The molecule has 182 valence electrons. The molecule has 0 N–H and O–H groups in total. The Morgan fingerprint density at radius 2 is 1.82 bits per heavy atom. The molecule has 2 saturated heterocycles. The molecule has 4 nitrogen and oxygen atoms in total. The van der Waals surface area contributed by atoms with Crippen molar-refractivity contribution >= 4 is 5.78 Å². The van der Waals surface area contributed by atoms with Gasteiger partial charge < -0.3 is 14.2 Å². The third-order valence-electron chi connectivity index (χ3n) is 11.2. The van der Waals surface area contributed by atoms with Crippen LogP contribution in [-0.4, -0.2) is 37.0 Å². The number of hydrogen-bond donors (Lipinski definition) is 0. The summed E-state index contributed by atoms with van der Waals surface area (Å²) >= 11 is 0. The largest absolute Gasteiger partial charge is 0.360 e. The van der Waals surface area contributed by atoms with Gasteiger partial charge in [0.05, 0.1) is 13.2 Å². The first kappa shape index (κ1) is 22.5. The summed E-state index contributed by atoms with van der Waals surface area (Å²) in [5.41, 5.74) is 1.65. The molecule has 0 amide bonds. The minimum atomic E-state index is -0.368. The Morgan fingerprint density at radius 3 is 2.55 bits per heavy atom. The molecular formula is C29H42O4. The molecule has 2 heterocycles. The summed E-state index contributed by atoms with van der Waals surface area (Å²) in [5.74, 6) is 3.62. The molecule has 2 aliphatic heterocycles. The van der Waals surface area contributed by atoms with Gasteiger partial charge in [-0.15, -0.1) is 0 Å². The molecule has 2 saturated carbocycles. The highest BCUT2D eigenvalue weighted by molar-refractivity contribution is 5.98. The van der Waals surface area contributed by atoms with Crippen LogP contribution >= 0.6 is 0 Å². The quantitative estimate of drug-likeness (QED) is 0.499. The van der Waals surface area contributed by atoms with Gasteiger partial charge in [-0.2, -0.15) is 0 Å². The van der Waals surface area contributed by atoms with E-state index < -0.39 is 0 Å². The van der Waals surface area contributed by atoms with Gasteiger partial charge in [-0.1, -0.05) is 46.8 Å². The highest BCUT2D eigenvalue weighted by atomic mass is 16.7. The van der Waals surface area contributed by atoms with Crippen LogP contribution < -0.4 is 0 Å². The number of ether oxygens (including phenoxy) is 3. The maximum absolute atomic E-state index is 12.3. The number of fused-ring (bicyclic) bond motifs is 7. The number of hydrogen-bond acceptors (Lipinski definition) is 4. The van der Waals surface area contributed by atoms with E-state index in [0.717, 1.165) is 31.5 Å². The lowest BCUT2D eigenvalue weighted by atomic mass is 9.48. The van der Waals surface area contributed by atoms with Crippen LogP contribution in [0.1, 0.15) is 73.1 Å². The van der Waals surface area contributed by atoms with Crippen LogP contribution in [-0.2, 0) is 19.0 Å². The molecule has 0 radical (unpaired) electrons. The minimum Gasteiger partial charge on any atom is -0.360 e. The maximum Gasteiger partial charge on any atom is 0.187 e. The summed E-state index contributed by atoms with van der Waals surface area (Å²) < 4.78 is 18.2. The Hall–Kier alpha value is -0.970. The lowest BCUT2D eigenvalue weighted by Gasteiger charge is -2.56. The molecule has 0 unspecified atom stereocenters. The summed E-state index contributed by atoms with van der Waals surface area (Å²) in [4.78, 5) is 12.3. The van der Waals surface area contributed by atoms with Crippen LogP contribution in [0.4, 0.5) is 0 Å². The third kappa shape index (κ3) is 3.09. The van der Waals surface area contributed by atoms with E-state index in [9.17, 15) is 4.79 Å².